The third-order valence-electron chi connectivity index (χ3n) is 5.73. The Morgan fingerprint density at radius 1 is 1.35 bits per heavy atom. The normalized spacial score (nSPS) is 16.9. The number of carbonyl (C=O) groups is 2. The summed E-state index contributed by atoms with van der Waals surface area (Å²) in [5, 5.41) is 10.3. The van der Waals surface area contributed by atoms with Crippen molar-refractivity contribution in [1.29, 1.82) is 0 Å². The second kappa shape index (κ2) is 10.1. The van der Waals surface area contributed by atoms with Crippen LogP contribution in [0.2, 0.25) is 5.02 Å². The second-order valence-electron chi connectivity index (χ2n) is 7.75. The number of methoxy groups -OCH3 is 1. The van der Waals surface area contributed by atoms with E-state index in [2.05, 4.69) is 0 Å². The second-order valence-corrected chi connectivity index (χ2v) is 9.29. The van der Waals surface area contributed by atoms with E-state index in [1.807, 2.05) is 29.2 Å². The molecule has 168 valence electrons. The van der Waals surface area contributed by atoms with E-state index in [1.54, 1.807) is 6.07 Å². The van der Waals surface area contributed by atoms with Gasteiger partial charge in [0.05, 0.1) is 7.11 Å². The molecule has 5 N–H and O–H groups in total. The van der Waals surface area contributed by atoms with Crippen molar-refractivity contribution in [1.82, 2.24) is 4.90 Å². The molecule has 0 saturated carbocycles. The molecule has 0 spiro atoms. The molecule has 1 aliphatic rings. The van der Waals surface area contributed by atoms with Crippen molar-refractivity contribution in [2.75, 3.05) is 20.2 Å². The maximum absolute atomic E-state index is 12.6. The first kappa shape index (κ1) is 23.7. The average molecular weight is 466 g/mol. The molecule has 7 nitrogen and oxygen atoms in total. The Balaban J connectivity index is 1.89. The van der Waals surface area contributed by atoms with Crippen LogP contribution < -0.4 is 11.5 Å². The number of aliphatic carboxylic acids is 1. The Kier molecular flexibility index (Phi) is 7.72. The minimum atomic E-state index is -1.44. The Bertz CT molecular complexity index is 951. The lowest BCUT2D eigenvalue weighted by atomic mass is 9.91. The molecule has 1 aliphatic heterocycles. The van der Waals surface area contributed by atoms with Gasteiger partial charge < -0.3 is 21.3 Å². The van der Waals surface area contributed by atoms with Crippen LogP contribution in [0.3, 0.4) is 0 Å². The van der Waals surface area contributed by atoms with Crippen LogP contribution in [0.25, 0.3) is 0 Å². The van der Waals surface area contributed by atoms with Gasteiger partial charge in [-0.2, -0.15) is 0 Å². The van der Waals surface area contributed by atoms with Gasteiger partial charge in [-0.05, 0) is 55.5 Å². The molecular weight excluding hydrogens is 438 g/mol. The van der Waals surface area contributed by atoms with E-state index in [-0.39, 0.29) is 5.97 Å². The van der Waals surface area contributed by atoms with E-state index >= 15 is 0 Å². The molecule has 0 bridgehead atoms. The van der Waals surface area contributed by atoms with Gasteiger partial charge in [-0.25, -0.2) is 9.59 Å². The standard InChI is InChI=1S/C22H28ClN3O4S/c1-30-20(27)19(15-6-2-3-7-16(15)23)26-11-8-17-14(13-26)12-18(31-17)22(25,21(28)29)9-4-5-10-24/h2-3,6-7,12,19H,4-5,8-11,13,24-25H2,1H3,(H,28,29)/t19-,22?/m0/s1. The number of hydrogen-bond acceptors (Lipinski definition) is 7. The predicted octanol–water partition coefficient (Wildman–Crippen LogP) is 3.04. The van der Waals surface area contributed by atoms with Crippen molar-refractivity contribution in [3.63, 3.8) is 0 Å². The first-order valence-electron chi connectivity index (χ1n) is 10.2. The van der Waals surface area contributed by atoms with Gasteiger partial charge in [0.15, 0.2) is 0 Å². The first-order chi connectivity index (χ1) is 14.8. The molecule has 1 unspecified atom stereocenters. The number of nitrogens with two attached hydrogens (primary N) is 2. The van der Waals surface area contributed by atoms with Crippen LogP contribution in [0, 0.1) is 0 Å². The highest BCUT2D eigenvalue weighted by atomic mass is 35.5. The molecule has 1 aromatic heterocycles. The number of halogens is 1. The average Bonchev–Trinajstić information content (AvgIpc) is 3.19. The summed E-state index contributed by atoms with van der Waals surface area (Å²) in [6.45, 7) is 1.60. The predicted molar refractivity (Wildman–Crippen MR) is 121 cm³/mol. The summed E-state index contributed by atoms with van der Waals surface area (Å²) >= 11 is 7.83. The third kappa shape index (κ3) is 4.94. The van der Waals surface area contributed by atoms with Crippen LogP contribution >= 0.6 is 22.9 Å². The molecule has 0 aliphatic carbocycles. The number of fused-ring (bicyclic) bond motifs is 1. The van der Waals surface area contributed by atoms with E-state index in [9.17, 15) is 14.7 Å². The van der Waals surface area contributed by atoms with E-state index in [0.29, 0.717) is 54.4 Å². The summed E-state index contributed by atoms with van der Waals surface area (Å²) in [5.41, 5.74) is 12.1. The molecule has 3 rings (SSSR count). The van der Waals surface area contributed by atoms with E-state index in [1.165, 1.54) is 18.4 Å². The molecular formula is C22H28ClN3O4S. The number of carboxylic acids is 1. The first-order valence-corrected chi connectivity index (χ1v) is 11.4. The van der Waals surface area contributed by atoms with Gasteiger partial charge in [0.2, 0.25) is 0 Å². The number of benzene rings is 1. The number of rotatable bonds is 9. The molecule has 0 radical (unpaired) electrons. The lowest BCUT2D eigenvalue weighted by Gasteiger charge is -2.33. The van der Waals surface area contributed by atoms with E-state index in [4.69, 9.17) is 27.8 Å². The third-order valence-corrected chi connectivity index (χ3v) is 7.49. The maximum atomic E-state index is 12.6. The van der Waals surface area contributed by atoms with Crippen LogP contribution in [0.1, 0.15) is 46.2 Å². The number of ether oxygens (including phenoxy) is 1. The van der Waals surface area contributed by atoms with E-state index < -0.39 is 17.6 Å². The van der Waals surface area contributed by atoms with Gasteiger partial charge in [0.25, 0.3) is 0 Å². The van der Waals surface area contributed by atoms with Crippen LogP contribution in [0.5, 0.6) is 0 Å². The van der Waals surface area contributed by atoms with Crippen LogP contribution in [0.15, 0.2) is 30.3 Å². The number of nitrogens with zero attached hydrogens (tertiary/aromatic N) is 1. The monoisotopic (exact) mass is 465 g/mol. The lowest BCUT2D eigenvalue weighted by Crippen LogP contribution is -2.44. The van der Waals surface area contributed by atoms with Crippen LogP contribution in [0.4, 0.5) is 0 Å². The smallest absolute Gasteiger partial charge is 0.329 e. The van der Waals surface area contributed by atoms with Crippen molar-refractivity contribution in [3.8, 4) is 0 Å². The molecule has 0 saturated heterocycles. The molecule has 9 heteroatoms. The number of carboxylic acid groups (broad SMARTS) is 1. The van der Waals surface area contributed by atoms with Crippen LogP contribution in [-0.2, 0) is 32.8 Å². The minimum absolute atomic E-state index is 0.326. The number of unbranched alkanes of at least 4 members (excludes halogenated alkanes) is 1. The fourth-order valence-electron chi connectivity index (χ4n) is 3.96. The van der Waals surface area contributed by atoms with Crippen molar-refractivity contribution >= 4 is 34.9 Å². The molecule has 2 aromatic rings. The lowest BCUT2D eigenvalue weighted by molar-refractivity contribution is -0.148. The van der Waals surface area contributed by atoms with Crippen LogP contribution in [-0.4, -0.2) is 42.1 Å². The van der Waals surface area contributed by atoms with E-state index in [0.717, 1.165) is 16.9 Å². The van der Waals surface area contributed by atoms with Gasteiger partial charge in [-0.3, -0.25) is 4.90 Å². The zero-order valence-electron chi connectivity index (χ0n) is 17.5. The highest BCUT2D eigenvalue weighted by Crippen LogP contribution is 2.39. The van der Waals surface area contributed by atoms with Gasteiger partial charge in [-0.1, -0.05) is 29.8 Å². The summed E-state index contributed by atoms with van der Waals surface area (Å²) in [4.78, 5) is 28.4. The zero-order valence-corrected chi connectivity index (χ0v) is 19.0. The molecule has 2 heterocycles. The topological polar surface area (TPSA) is 119 Å². The SMILES string of the molecule is COC(=O)[C@H](c1ccccc1Cl)N1CCc2sc(C(N)(CCCCN)C(=O)O)cc2C1. The van der Waals surface area contributed by atoms with Crippen molar-refractivity contribution in [2.24, 2.45) is 11.5 Å². The van der Waals surface area contributed by atoms with Crippen molar-refractivity contribution in [2.45, 2.75) is 43.8 Å². The fraction of sp³-hybridized carbons (Fsp3) is 0.455. The largest absolute Gasteiger partial charge is 0.480 e. The maximum Gasteiger partial charge on any atom is 0.329 e. The molecule has 0 fully saturated rings. The molecule has 31 heavy (non-hydrogen) atoms. The van der Waals surface area contributed by atoms with Gasteiger partial charge in [-0.15, -0.1) is 11.3 Å². The number of thiophene rings is 1. The minimum Gasteiger partial charge on any atom is -0.480 e. The number of carbonyl (C=O) groups excluding carboxylic acids is 1. The zero-order chi connectivity index (χ0) is 22.6. The molecule has 1 aromatic carbocycles. The summed E-state index contributed by atoms with van der Waals surface area (Å²) < 4.78 is 5.06. The summed E-state index contributed by atoms with van der Waals surface area (Å²) in [7, 11) is 1.36. The van der Waals surface area contributed by atoms with Gasteiger partial charge in [0, 0.05) is 27.9 Å². The van der Waals surface area contributed by atoms with Gasteiger partial charge in [0.1, 0.15) is 11.6 Å². The Morgan fingerprint density at radius 3 is 2.74 bits per heavy atom. The van der Waals surface area contributed by atoms with Gasteiger partial charge >= 0.3 is 11.9 Å². The Hall–Kier alpha value is -1.97. The summed E-state index contributed by atoms with van der Waals surface area (Å²) in [6.07, 6.45) is 2.39. The van der Waals surface area contributed by atoms with Crippen molar-refractivity contribution in [3.05, 3.63) is 56.2 Å². The number of hydrogen-bond donors (Lipinski definition) is 3. The quantitative estimate of drug-likeness (QED) is 0.384. The number of esters is 1. The Morgan fingerprint density at radius 2 is 2.10 bits per heavy atom. The van der Waals surface area contributed by atoms with Crippen molar-refractivity contribution < 1.29 is 19.4 Å². The molecule has 0 amide bonds. The molecule has 2 atom stereocenters. The summed E-state index contributed by atoms with van der Waals surface area (Å²) in [5.74, 6) is -1.42. The highest BCUT2D eigenvalue weighted by molar-refractivity contribution is 7.12. The fourth-order valence-corrected chi connectivity index (χ4v) is 5.49. The summed E-state index contributed by atoms with van der Waals surface area (Å²) in [6, 6.07) is 8.47. The Labute approximate surface area is 190 Å². The highest BCUT2D eigenvalue weighted by Gasteiger charge is 2.39.